The number of aromatic nitrogens is 4. The van der Waals surface area contributed by atoms with Crippen LogP contribution in [-0.4, -0.2) is 26.6 Å². The normalized spacial score (nSPS) is 9.00. The Morgan fingerprint density at radius 3 is 2.75 bits per heavy atom. The summed E-state index contributed by atoms with van der Waals surface area (Å²) in [7, 11) is 0. The van der Waals surface area contributed by atoms with Crippen molar-refractivity contribution >= 4 is 6.41 Å². The fraction of sp³-hybridized carbons (Fsp3) is 0. The second-order valence-corrected chi connectivity index (χ2v) is 1.06. The Balaban J connectivity index is 3.30. The summed E-state index contributed by atoms with van der Waals surface area (Å²) in [4.78, 5) is 19.9. The molecule has 0 aliphatic heterocycles. The smallest absolute Gasteiger partial charge is 0.276 e. The predicted octanol–water partition coefficient (Wildman–Crippen LogP) is -2.00. The molecule has 42 valence electrons. The molecule has 1 rings (SSSR count). The summed E-state index contributed by atoms with van der Waals surface area (Å²) in [5.41, 5.74) is -0.625. The summed E-state index contributed by atoms with van der Waals surface area (Å²) < 4.78 is 0.556. The van der Waals surface area contributed by atoms with Gasteiger partial charge in [0, 0.05) is 0 Å². The molecule has 0 amide bonds. The zero-order valence-corrected chi connectivity index (χ0v) is 3.74. The van der Waals surface area contributed by atoms with Crippen LogP contribution in [0.1, 0.15) is 0 Å². The van der Waals surface area contributed by atoms with Crippen LogP contribution in [-0.2, 0) is 4.79 Å². The van der Waals surface area contributed by atoms with Gasteiger partial charge in [-0.1, -0.05) is 0 Å². The number of nitrogens with one attached hydrogen (secondary N) is 1. The number of rotatable bonds is 1. The van der Waals surface area contributed by atoms with Gasteiger partial charge in [-0.25, -0.2) is 9.89 Å². The number of aromatic amines is 1. The molecular weight excluding hydrogens is 112 g/mol. The molecule has 0 unspecified atom stereocenters. The summed E-state index contributed by atoms with van der Waals surface area (Å²) in [6.07, 6.45) is 0.270. The van der Waals surface area contributed by atoms with E-state index < -0.39 is 5.69 Å². The SMILES string of the molecule is O=Cn1nn[nH]c1=O. The van der Waals surface area contributed by atoms with Crippen molar-refractivity contribution in [3.63, 3.8) is 0 Å². The highest BCUT2D eigenvalue weighted by Gasteiger charge is 1.90. The van der Waals surface area contributed by atoms with Crippen LogP contribution < -0.4 is 5.69 Å². The van der Waals surface area contributed by atoms with Crippen LogP contribution in [0.5, 0.6) is 0 Å². The summed E-state index contributed by atoms with van der Waals surface area (Å²) >= 11 is 0. The predicted molar refractivity (Wildman–Crippen MR) is 22.8 cm³/mol. The van der Waals surface area contributed by atoms with E-state index >= 15 is 0 Å². The van der Waals surface area contributed by atoms with E-state index in [2.05, 4.69) is 10.4 Å². The standard InChI is InChI=1S/C2H2N4O2/c7-1-6-2(8)3-4-5-6/h1H,(H,3,5,8). The van der Waals surface area contributed by atoms with Crippen LogP contribution in [0, 0.1) is 0 Å². The van der Waals surface area contributed by atoms with Crippen LogP contribution in [0.15, 0.2) is 4.79 Å². The average molecular weight is 114 g/mol. The molecule has 6 nitrogen and oxygen atoms in total. The van der Waals surface area contributed by atoms with Gasteiger partial charge in [0.15, 0.2) is 0 Å². The van der Waals surface area contributed by atoms with Crippen molar-refractivity contribution in [1.82, 2.24) is 20.2 Å². The van der Waals surface area contributed by atoms with Gasteiger partial charge in [-0.2, -0.15) is 0 Å². The van der Waals surface area contributed by atoms with Gasteiger partial charge in [0.2, 0.25) is 6.41 Å². The highest BCUT2D eigenvalue weighted by Crippen LogP contribution is 1.49. The molecule has 0 bridgehead atoms. The second kappa shape index (κ2) is 1.57. The van der Waals surface area contributed by atoms with Gasteiger partial charge in [-0.05, 0) is 10.4 Å². The molecule has 0 saturated carbocycles. The Kier molecular flexibility index (Phi) is 0.918. The maximum Gasteiger partial charge on any atom is 0.368 e. The molecular formula is C2H2N4O2. The number of hydrogen-bond donors (Lipinski definition) is 1. The molecule has 0 fully saturated rings. The van der Waals surface area contributed by atoms with Gasteiger partial charge in [-0.3, -0.25) is 4.79 Å². The Hall–Kier alpha value is -1.46. The summed E-state index contributed by atoms with van der Waals surface area (Å²) in [5.74, 6) is 0. The largest absolute Gasteiger partial charge is 0.368 e. The van der Waals surface area contributed by atoms with Crippen molar-refractivity contribution < 1.29 is 4.79 Å². The lowest BCUT2D eigenvalue weighted by Gasteiger charge is -1.70. The first-order chi connectivity index (χ1) is 3.84. The third-order valence-electron chi connectivity index (χ3n) is 0.595. The van der Waals surface area contributed by atoms with E-state index in [9.17, 15) is 9.59 Å². The maximum absolute atomic E-state index is 10.2. The molecule has 0 radical (unpaired) electrons. The zero-order valence-electron chi connectivity index (χ0n) is 3.74. The Bertz CT molecular complexity index is 234. The number of H-pyrrole nitrogens is 1. The van der Waals surface area contributed by atoms with Crippen molar-refractivity contribution in [2.24, 2.45) is 0 Å². The molecule has 6 heteroatoms. The van der Waals surface area contributed by atoms with E-state index in [0.29, 0.717) is 4.68 Å². The number of tetrazole rings is 1. The molecule has 8 heavy (non-hydrogen) atoms. The quantitative estimate of drug-likeness (QED) is 0.338. The summed E-state index contributed by atoms with van der Waals surface area (Å²) in [6, 6.07) is 0. The molecule has 1 aromatic rings. The lowest BCUT2D eigenvalue weighted by Crippen LogP contribution is -2.16. The van der Waals surface area contributed by atoms with Crippen molar-refractivity contribution in [2.45, 2.75) is 0 Å². The summed E-state index contributed by atoms with van der Waals surface area (Å²) in [5, 5.41) is 8.04. The second-order valence-electron chi connectivity index (χ2n) is 1.06. The Morgan fingerprint density at radius 2 is 2.50 bits per heavy atom. The van der Waals surface area contributed by atoms with Crippen LogP contribution in [0.4, 0.5) is 0 Å². The highest BCUT2D eigenvalue weighted by atomic mass is 16.2. The van der Waals surface area contributed by atoms with E-state index in [0.717, 1.165) is 0 Å². The van der Waals surface area contributed by atoms with Crippen LogP contribution in [0.3, 0.4) is 0 Å². The van der Waals surface area contributed by atoms with Crippen LogP contribution in [0.2, 0.25) is 0 Å². The fourth-order valence-corrected chi connectivity index (χ4v) is 0.274. The molecule has 0 spiro atoms. The minimum atomic E-state index is -0.625. The van der Waals surface area contributed by atoms with Gasteiger partial charge in [0.05, 0.1) is 0 Å². The van der Waals surface area contributed by atoms with Gasteiger partial charge in [0.1, 0.15) is 0 Å². The van der Waals surface area contributed by atoms with Crippen LogP contribution in [0.25, 0.3) is 0 Å². The lowest BCUT2D eigenvalue weighted by molar-refractivity contribution is 0.536. The molecule has 0 aliphatic carbocycles. The molecule has 0 atom stereocenters. The first kappa shape index (κ1) is 4.69. The molecule has 1 aromatic heterocycles. The van der Waals surface area contributed by atoms with Crippen molar-refractivity contribution in [3.05, 3.63) is 10.5 Å². The fourth-order valence-electron chi connectivity index (χ4n) is 0.274. The highest BCUT2D eigenvalue weighted by molar-refractivity contribution is 5.48. The van der Waals surface area contributed by atoms with E-state index in [1.807, 2.05) is 5.10 Å². The number of hydrogen-bond acceptors (Lipinski definition) is 4. The van der Waals surface area contributed by atoms with Crippen molar-refractivity contribution in [3.8, 4) is 0 Å². The Labute approximate surface area is 43.1 Å². The number of carbonyl (C=O) groups is 1. The Morgan fingerprint density at radius 1 is 1.75 bits per heavy atom. The van der Waals surface area contributed by atoms with E-state index in [1.54, 1.807) is 0 Å². The first-order valence-corrected chi connectivity index (χ1v) is 1.80. The molecule has 0 aliphatic rings. The minimum absolute atomic E-state index is 0.270. The van der Waals surface area contributed by atoms with Gasteiger partial charge in [0.25, 0.3) is 0 Å². The molecule has 1 heterocycles. The third-order valence-corrected chi connectivity index (χ3v) is 0.595. The maximum atomic E-state index is 10.2. The first-order valence-electron chi connectivity index (χ1n) is 1.80. The van der Waals surface area contributed by atoms with E-state index in [-0.39, 0.29) is 6.41 Å². The van der Waals surface area contributed by atoms with Gasteiger partial charge in [-0.15, -0.1) is 4.68 Å². The number of nitrogens with zero attached hydrogens (tertiary/aromatic N) is 3. The topological polar surface area (TPSA) is 80.6 Å². The van der Waals surface area contributed by atoms with E-state index in [4.69, 9.17) is 0 Å². The molecule has 1 N–H and O–H groups in total. The average Bonchev–Trinajstić information content (AvgIpc) is 2.14. The zero-order chi connectivity index (χ0) is 5.98. The third kappa shape index (κ3) is 0.512. The van der Waals surface area contributed by atoms with Gasteiger partial charge < -0.3 is 0 Å². The van der Waals surface area contributed by atoms with Crippen molar-refractivity contribution in [1.29, 1.82) is 0 Å². The van der Waals surface area contributed by atoms with Gasteiger partial charge >= 0.3 is 5.69 Å². The monoisotopic (exact) mass is 114 g/mol. The summed E-state index contributed by atoms with van der Waals surface area (Å²) in [6.45, 7) is 0. The minimum Gasteiger partial charge on any atom is -0.276 e. The lowest BCUT2D eigenvalue weighted by atomic mass is 11.2. The van der Waals surface area contributed by atoms with Crippen LogP contribution >= 0.6 is 0 Å². The van der Waals surface area contributed by atoms with E-state index in [1.165, 1.54) is 0 Å². The van der Waals surface area contributed by atoms with Crippen molar-refractivity contribution in [2.75, 3.05) is 0 Å². The molecule has 0 aromatic carbocycles. The molecule has 0 saturated heterocycles. The number of carbonyl (C=O) groups excluding carboxylic acids is 1.